The molecule has 0 spiro atoms. The monoisotopic (exact) mass is 101 g/mol. The van der Waals surface area contributed by atoms with E-state index in [4.69, 9.17) is 10.5 Å². The van der Waals surface area contributed by atoms with Crippen LogP contribution >= 0.6 is 0 Å². The first kappa shape index (κ1) is 6.14. The van der Waals surface area contributed by atoms with Gasteiger partial charge in [-0.25, -0.2) is 4.79 Å². The number of nitrogens with one attached hydrogen (secondary N) is 1. The van der Waals surface area contributed by atoms with Crippen LogP contribution < -0.4 is 0 Å². The van der Waals surface area contributed by atoms with Gasteiger partial charge in [-0.15, -0.1) is 0 Å². The van der Waals surface area contributed by atoms with Crippen molar-refractivity contribution in [2.45, 2.75) is 13.3 Å². The Morgan fingerprint density at radius 3 is 2.29 bits per heavy atom. The second-order valence-electron chi connectivity index (χ2n) is 1.14. The fraction of sp³-hybridized carbons (Fsp3) is 0.500. The molecule has 0 aromatic carbocycles. The van der Waals surface area contributed by atoms with Crippen molar-refractivity contribution in [3.05, 3.63) is 0 Å². The van der Waals surface area contributed by atoms with Gasteiger partial charge in [-0.3, -0.25) is 5.41 Å². The van der Waals surface area contributed by atoms with E-state index in [0.29, 0.717) is 6.42 Å². The molecule has 0 fully saturated rings. The molecule has 0 atom stereocenters. The Morgan fingerprint density at radius 1 is 1.86 bits per heavy atom. The zero-order chi connectivity index (χ0) is 5.86. The highest BCUT2D eigenvalue weighted by atomic mass is 16.4. The molecule has 2 N–H and O–H groups in total. The second-order valence-corrected chi connectivity index (χ2v) is 1.14. The average Bonchev–Trinajstić information content (AvgIpc) is 1.65. The van der Waals surface area contributed by atoms with Gasteiger partial charge in [0.15, 0.2) is 0 Å². The number of rotatable bonds is 2. The fourth-order valence-corrected chi connectivity index (χ4v) is 0.151. The summed E-state index contributed by atoms with van der Waals surface area (Å²) >= 11 is 0. The lowest BCUT2D eigenvalue weighted by Crippen LogP contribution is -2.08. The summed E-state index contributed by atoms with van der Waals surface area (Å²) in [5.41, 5.74) is -0.236. The minimum absolute atomic E-state index is 0.236. The lowest BCUT2D eigenvalue weighted by molar-refractivity contribution is -0.129. The summed E-state index contributed by atoms with van der Waals surface area (Å²) < 4.78 is 0. The van der Waals surface area contributed by atoms with E-state index in [9.17, 15) is 4.79 Å². The normalized spacial score (nSPS) is 8.14. The first-order valence-corrected chi connectivity index (χ1v) is 1.99. The molecule has 0 saturated heterocycles. The molecule has 3 heteroatoms. The highest BCUT2D eigenvalue weighted by Crippen LogP contribution is 1.77. The van der Waals surface area contributed by atoms with Gasteiger partial charge >= 0.3 is 5.97 Å². The molecule has 0 amide bonds. The number of carboxylic acid groups (broad SMARTS) is 1. The highest BCUT2D eigenvalue weighted by molar-refractivity contribution is 6.33. The number of aliphatic carboxylic acids is 1. The molecular formula is C4H7NO2. The maximum absolute atomic E-state index is 9.71. The SMILES string of the molecule is CCC(=N)C(=O)O. The van der Waals surface area contributed by atoms with Crippen LogP contribution in [0.4, 0.5) is 0 Å². The van der Waals surface area contributed by atoms with Crippen LogP contribution in [-0.4, -0.2) is 16.8 Å². The first-order valence-electron chi connectivity index (χ1n) is 1.99. The Balaban J connectivity index is 3.58. The zero-order valence-corrected chi connectivity index (χ0v) is 4.06. The van der Waals surface area contributed by atoms with Crippen LogP contribution in [0.1, 0.15) is 13.3 Å². The van der Waals surface area contributed by atoms with Crippen LogP contribution in [0, 0.1) is 5.41 Å². The summed E-state index contributed by atoms with van der Waals surface area (Å²) in [5, 5.41) is 14.6. The van der Waals surface area contributed by atoms with Crippen molar-refractivity contribution in [3.8, 4) is 0 Å². The van der Waals surface area contributed by atoms with Crippen LogP contribution in [-0.2, 0) is 4.79 Å². The molecule has 0 aliphatic carbocycles. The molecule has 0 aromatic rings. The van der Waals surface area contributed by atoms with Gasteiger partial charge in [-0.1, -0.05) is 6.92 Å². The van der Waals surface area contributed by atoms with Gasteiger partial charge in [0.2, 0.25) is 0 Å². The predicted octanol–water partition coefficient (Wildman–Crippen LogP) is 0.501. The van der Waals surface area contributed by atoms with Crippen molar-refractivity contribution in [2.24, 2.45) is 0 Å². The lowest BCUT2D eigenvalue weighted by atomic mass is 10.3. The third-order valence-corrected chi connectivity index (χ3v) is 0.612. The Hall–Kier alpha value is -0.860. The molecule has 0 heterocycles. The van der Waals surface area contributed by atoms with Gasteiger partial charge in [0.25, 0.3) is 0 Å². The smallest absolute Gasteiger partial charge is 0.349 e. The zero-order valence-electron chi connectivity index (χ0n) is 4.06. The van der Waals surface area contributed by atoms with Gasteiger partial charge in [0, 0.05) is 0 Å². The van der Waals surface area contributed by atoms with Crippen LogP contribution in [0.25, 0.3) is 0 Å². The van der Waals surface area contributed by atoms with Gasteiger partial charge in [-0.2, -0.15) is 0 Å². The number of hydrogen-bond acceptors (Lipinski definition) is 2. The van der Waals surface area contributed by atoms with Crippen LogP contribution in [0.15, 0.2) is 0 Å². The molecule has 0 rings (SSSR count). The van der Waals surface area contributed by atoms with E-state index in [0.717, 1.165) is 0 Å². The topological polar surface area (TPSA) is 61.2 Å². The van der Waals surface area contributed by atoms with E-state index >= 15 is 0 Å². The molecule has 0 bridgehead atoms. The van der Waals surface area contributed by atoms with Gasteiger partial charge < -0.3 is 5.11 Å². The molecule has 0 aliphatic rings. The Morgan fingerprint density at radius 2 is 2.29 bits per heavy atom. The van der Waals surface area contributed by atoms with E-state index in [1.54, 1.807) is 6.92 Å². The van der Waals surface area contributed by atoms with Crippen molar-refractivity contribution >= 4 is 11.7 Å². The number of carbonyl (C=O) groups is 1. The minimum atomic E-state index is -1.12. The van der Waals surface area contributed by atoms with Crippen LogP contribution in [0.2, 0.25) is 0 Å². The third-order valence-electron chi connectivity index (χ3n) is 0.612. The molecule has 40 valence electrons. The van der Waals surface area contributed by atoms with E-state index in [2.05, 4.69) is 0 Å². The molecule has 0 aromatic heterocycles. The van der Waals surface area contributed by atoms with Crippen LogP contribution in [0.5, 0.6) is 0 Å². The highest BCUT2D eigenvalue weighted by Gasteiger charge is 1.99. The van der Waals surface area contributed by atoms with Crippen molar-refractivity contribution in [1.82, 2.24) is 0 Å². The molecule has 0 saturated carbocycles. The van der Waals surface area contributed by atoms with Gasteiger partial charge in [-0.05, 0) is 6.42 Å². The Kier molecular flexibility index (Phi) is 2.05. The van der Waals surface area contributed by atoms with Crippen molar-refractivity contribution < 1.29 is 9.90 Å². The number of hydrogen-bond donors (Lipinski definition) is 2. The van der Waals surface area contributed by atoms with Crippen LogP contribution in [0.3, 0.4) is 0 Å². The minimum Gasteiger partial charge on any atom is -0.477 e. The summed E-state index contributed by atoms with van der Waals surface area (Å²) in [6, 6.07) is 0. The summed E-state index contributed by atoms with van der Waals surface area (Å²) in [6.45, 7) is 1.64. The average molecular weight is 101 g/mol. The molecule has 3 nitrogen and oxygen atoms in total. The van der Waals surface area contributed by atoms with E-state index in [-0.39, 0.29) is 5.71 Å². The second kappa shape index (κ2) is 2.34. The van der Waals surface area contributed by atoms with E-state index < -0.39 is 5.97 Å². The van der Waals surface area contributed by atoms with Gasteiger partial charge in [0.05, 0.1) is 0 Å². The first-order chi connectivity index (χ1) is 3.18. The van der Waals surface area contributed by atoms with Crippen molar-refractivity contribution in [2.75, 3.05) is 0 Å². The lowest BCUT2D eigenvalue weighted by Gasteiger charge is -1.85. The molecule has 0 unspecified atom stereocenters. The Labute approximate surface area is 41.5 Å². The largest absolute Gasteiger partial charge is 0.477 e. The maximum atomic E-state index is 9.71. The van der Waals surface area contributed by atoms with E-state index in [1.807, 2.05) is 0 Å². The summed E-state index contributed by atoms with van der Waals surface area (Å²) in [5.74, 6) is -1.12. The number of carboxylic acids is 1. The molecule has 7 heavy (non-hydrogen) atoms. The standard InChI is InChI=1S/C4H7NO2/c1-2-3(5)4(6)7/h5H,2H2,1H3,(H,6,7). The molecular weight excluding hydrogens is 94.0 g/mol. The summed E-state index contributed by atoms with van der Waals surface area (Å²) in [4.78, 5) is 9.71. The predicted molar refractivity (Wildman–Crippen MR) is 25.7 cm³/mol. The third kappa shape index (κ3) is 1.92. The maximum Gasteiger partial charge on any atom is 0.349 e. The molecule has 0 aliphatic heterocycles. The van der Waals surface area contributed by atoms with Crippen molar-refractivity contribution in [1.29, 1.82) is 5.41 Å². The van der Waals surface area contributed by atoms with Crippen molar-refractivity contribution in [3.63, 3.8) is 0 Å². The summed E-state index contributed by atoms with van der Waals surface area (Å²) in [6.07, 6.45) is 0.301. The van der Waals surface area contributed by atoms with Gasteiger partial charge in [0.1, 0.15) is 5.71 Å². The molecule has 0 radical (unpaired) electrons. The fourth-order valence-electron chi connectivity index (χ4n) is 0.151. The summed E-state index contributed by atoms with van der Waals surface area (Å²) in [7, 11) is 0. The van der Waals surface area contributed by atoms with E-state index in [1.165, 1.54) is 0 Å². The quantitative estimate of drug-likeness (QED) is 0.497. The Bertz CT molecular complexity index is 97.9.